The van der Waals surface area contributed by atoms with Crippen molar-refractivity contribution in [2.75, 3.05) is 18.0 Å². The van der Waals surface area contributed by atoms with Gasteiger partial charge in [-0.15, -0.1) is 6.42 Å². The van der Waals surface area contributed by atoms with E-state index >= 15 is 0 Å². The molecule has 1 saturated carbocycles. The fourth-order valence-electron chi connectivity index (χ4n) is 4.81. The number of pyridine rings is 1. The monoisotopic (exact) mass is 472 g/mol. The number of fused-ring (bicyclic) bond motifs is 1. The minimum absolute atomic E-state index is 0.0218. The molecular formula is C27H32N6O2. The summed E-state index contributed by atoms with van der Waals surface area (Å²) in [6.45, 7) is 11.1. The SMILES string of the molecule is C#Cc1ccnc(-n2cc(C3CC3)c3c(N4C[C@H](C)N(C(=O)OC(C)(C)C)CC4C)ncnc32)c1. The molecule has 1 unspecified atom stereocenters. The van der Waals surface area contributed by atoms with Gasteiger partial charge in [-0.05, 0) is 71.1 Å². The summed E-state index contributed by atoms with van der Waals surface area (Å²) in [4.78, 5) is 31.0. The number of amides is 1. The van der Waals surface area contributed by atoms with E-state index in [1.807, 2.05) is 42.4 Å². The molecule has 35 heavy (non-hydrogen) atoms. The molecule has 2 fully saturated rings. The van der Waals surface area contributed by atoms with Gasteiger partial charge in [-0.1, -0.05) is 5.92 Å². The highest BCUT2D eigenvalue weighted by atomic mass is 16.6. The van der Waals surface area contributed by atoms with Crippen LogP contribution < -0.4 is 4.90 Å². The number of aromatic nitrogens is 4. The summed E-state index contributed by atoms with van der Waals surface area (Å²) >= 11 is 0. The van der Waals surface area contributed by atoms with E-state index in [0.29, 0.717) is 19.0 Å². The maximum absolute atomic E-state index is 12.8. The van der Waals surface area contributed by atoms with Crippen LogP contribution in [-0.4, -0.2) is 61.3 Å². The van der Waals surface area contributed by atoms with Crippen molar-refractivity contribution in [3.8, 4) is 18.2 Å². The Bertz CT molecular complexity index is 1310. The lowest BCUT2D eigenvalue weighted by Gasteiger charge is -2.44. The average Bonchev–Trinajstić information content (AvgIpc) is 3.58. The van der Waals surface area contributed by atoms with Crippen LogP contribution in [0.2, 0.25) is 0 Å². The Morgan fingerprint density at radius 2 is 1.91 bits per heavy atom. The first-order chi connectivity index (χ1) is 16.7. The topological polar surface area (TPSA) is 76.4 Å². The molecule has 0 bridgehead atoms. The molecule has 5 rings (SSSR count). The molecule has 2 aliphatic rings. The van der Waals surface area contributed by atoms with Crippen LogP contribution in [0.4, 0.5) is 10.6 Å². The third-order valence-electron chi connectivity index (χ3n) is 6.65. The predicted molar refractivity (Wildman–Crippen MR) is 136 cm³/mol. The summed E-state index contributed by atoms with van der Waals surface area (Å²) in [7, 11) is 0. The van der Waals surface area contributed by atoms with E-state index in [0.717, 1.165) is 41.1 Å². The zero-order valence-corrected chi connectivity index (χ0v) is 21.0. The zero-order valence-electron chi connectivity index (χ0n) is 21.0. The van der Waals surface area contributed by atoms with Crippen molar-refractivity contribution in [3.63, 3.8) is 0 Å². The first-order valence-corrected chi connectivity index (χ1v) is 12.2. The number of carbonyl (C=O) groups is 1. The van der Waals surface area contributed by atoms with E-state index in [2.05, 4.69) is 40.8 Å². The average molecular weight is 473 g/mol. The molecule has 8 nitrogen and oxygen atoms in total. The Kier molecular flexibility index (Phi) is 5.66. The Morgan fingerprint density at radius 3 is 2.60 bits per heavy atom. The Balaban J connectivity index is 1.54. The van der Waals surface area contributed by atoms with Crippen molar-refractivity contribution in [3.05, 3.63) is 42.0 Å². The van der Waals surface area contributed by atoms with Crippen LogP contribution in [0.15, 0.2) is 30.9 Å². The van der Waals surface area contributed by atoms with Crippen molar-refractivity contribution in [1.82, 2.24) is 24.4 Å². The van der Waals surface area contributed by atoms with Crippen molar-refractivity contribution in [2.24, 2.45) is 0 Å². The second kappa shape index (κ2) is 8.56. The molecule has 0 spiro atoms. The summed E-state index contributed by atoms with van der Waals surface area (Å²) in [5, 5.41) is 1.06. The van der Waals surface area contributed by atoms with Crippen LogP contribution in [0.3, 0.4) is 0 Å². The summed E-state index contributed by atoms with van der Waals surface area (Å²) in [6, 6.07) is 3.77. The number of ether oxygens (including phenoxy) is 1. The normalized spacial score (nSPS) is 20.7. The summed E-state index contributed by atoms with van der Waals surface area (Å²) in [5.74, 6) is 4.84. The van der Waals surface area contributed by atoms with Gasteiger partial charge in [0.25, 0.3) is 0 Å². The third-order valence-corrected chi connectivity index (χ3v) is 6.65. The van der Waals surface area contributed by atoms with Gasteiger partial charge in [0.15, 0.2) is 5.65 Å². The molecule has 1 aliphatic heterocycles. The molecule has 3 aromatic heterocycles. The van der Waals surface area contributed by atoms with E-state index in [1.54, 1.807) is 12.5 Å². The second-order valence-corrected chi connectivity index (χ2v) is 10.7. The summed E-state index contributed by atoms with van der Waals surface area (Å²) in [5.41, 5.74) is 2.33. The molecule has 2 atom stereocenters. The lowest BCUT2D eigenvalue weighted by molar-refractivity contribution is 0.0130. The molecule has 8 heteroatoms. The predicted octanol–water partition coefficient (Wildman–Crippen LogP) is 4.51. The van der Waals surface area contributed by atoms with Crippen LogP contribution in [-0.2, 0) is 4.74 Å². The van der Waals surface area contributed by atoms with Crippen molar-refractivity contribution in [2.45, 2.75) is 71.1 Å². The standard InChI is InChI=1S/C27H32N6O2/c1-7-19-10-11-28-22(12-19)33-15-21(20-8-9-20)23-24(29-16-30-25(23)33)31-13-18(3)32(14-17(31)2)26(34)35-27(4,5)6/h1,10-12,15-18,20H,8-9,13-14H2,2-6H3/t17?,18-/m0/s1. The lowest BCUT2D eigenvalue weighted by atomic mass is 10.1. The number of hydrogen-bond acceptors (Lipinski definition) is 6. The van der Waals surface area contributed by atoms with E-state index < -0.39 is 5.60 Å². The molecular weight excluding hydrogens is 440 g/mol. The van der Waals surface area contributed by atoms with E-state index in [-0.39, 0.29) is 18.2 Å². The van der Waals surface area contributed by atoms with Crippen LogP contribution in [0.1, 0.15) is 64.5 Å². The molecule has 1 amide bonds. The number of piperazine rings is 1. The third kappa shape index (κ3) is 4.43. The fourth-order valence-corrected chi connectivity index (χ4v) is 4.81. The highest BCUT2D eigenvalue weighted by molar-refractivity contribution is 5.93. The van der Waals surface area contributed by atoms with E-state index in [9.17, 15) is 4.79 Å². The van der Waals surface area contributed by atoms with Gasteiger partial charge in [0, 0.05) is 43.1 Å². The van der Waals surface area contributed by atoms with E-state index in [1.165, 1.54) is 5.56 Å². The molecule has 1 aliphatic carbocycles. The van der Waals surface area contributed by atoms with Crippen molar-refractivity contribution >= 4 is 22.9 Å². The number of anilines is 1. The van der Waals surface area contributed by atoms with Gasteiger partial charge in [0.05, 0.1) is 5.39 Å². The van der Waals surface area contributed by atoms with Crippen LogP contribution in [0.5, 0.6) is 0 Å². The molecule has 3 aromatic rings. The van der Waals surface area contributed by atoms with Gasteiger partial charge in [0.1, 0.15) is 23.6 Å². The summed E-state index contributed by atoms with van der Waals surface area (Å²) < 4.78 is 7.68. The highest BCUT2D eigenvalue weighted by Gasteiger charge is 2.37. The number of rotatable bonds is 3. The molecule has 0 N–H and O–H groups in total. The maximum Gasteiger partial charge on any atom is 0.410 e. The minimum atomic E-state index is -0.525. The molecule has 4 heterocycles. The number of carbonyl (C=O) groups excluding carboxylic acids is 1. The lowest BCUT2D eigenvalue weighted by Crippen LogP contribution is -2.59. The van der Waals surface area contributed by atoms with Gasteiger partial charge < -0.3 is 14.5 Å². The van der Waals surface area contributed by atoms with Crippen LogP contribution in [0, 0.1) is 12.3 Å². The highest BCUT2D eigenvalue weighted by Crippen LogP contribution is 2.46. The Hall–Kier alpha value is -3.60. The molecule has 1 saturated heterocycles. The summed E-state index contributed by atoms with van der Waals surface area (Å²) in [6.07, 6.45) is 13.2. The first-order valence-electron chi connectivity index (χ1n) is 12.2. The van der Waals surface area contributed by atoms with Crippen LogP contribution in [0.25, 0.3) is 16.9 Å². The van der Waals surface area contributed by atoms with E-state index in [4.69, 9.17) is 16.1 Å². The number of terminal acetylenes is 1. The molecule has 182 valence electrons. The fraction of sp³-hybridized carbons (Fsp3) is 0.481. The van der Waals surface area contributed by atoms with Crippen LogP contribution >= 0.6 is 0 Å². The number of hydrogen-bond donors (Lipinski definition) is 0. The maximum atomic E-state index is 12.8. The van der Waals surface area contributed by atoms with Crippen molar-refractivity contribution in [1.29, 1.82) is 0 Å². The first kappa shape index (κ1) is 23.2. The van der Waals surface area contributed by atoms with Gasteiger partial charge in [-0.2, -0.15) is 0 Å². The molecule has 0 radical (unpaired) electrons. The van der Waals surface area contributed by atoms with Gasteiger partial charge >= 0.3 is 6.09 Å². The largest absolute Gasteiger partial charge is 0.444 e. The Labute approximate surface area is 206 Å². The smallest absolute Gasteiger partial charge is 0.410 e. The van der Waals surface area contributed by atoms with Crippen molar-refractivity contribution < 1.29 is 9.53 Å². The second-order valence-electron chi connectivity index (χ2n) is 10.7. The van der Waals surface area contributed by atoms with Gasteiger partial charge in [0.2, 0.25) is 0 Å². The zero-order chi connectivity index (χ0) is 24.9. The number of nitrogens with zero attached hydrogens (tertiary/aromatic N) is 6. The van der Waals surface area contributed by atoms with Gasteiger partial charge in [-0.25, -0.2) is 19.7 Å². The minimum Gasteiger partial charge on any atom is -0.444 e. The Morgan fingerprint density at radius 1 is 1.14 bits per heavy atom. The molecule has 0 aromatic carbocycles. The van der Waals surface area contributed by atoms with Gasteiger partial charge in [-0.3, -0.25) is 4.57 Å². The quantitative estimate of drug-likeness (QED) is 0.522.